The third kappa shape index (κ3) is 3.09. The van der Waals surface area contributed by atoms with Crippen molar-refractivity contribution in [1.82, 2.24) is 0 Å². The second-order valence-electron chi connectivity index (χ2n) is 4.91. The van der Waals surface area contributed by atoms with E-state index in [1.54, 1.807) is 25.1 Å². The van der Waals surface area contributed by atoms with Crippen LogP contribution in [0.15, 0.2) is 18.2 Å². The van der Waals surface area contributed by atoms with Gasteiger partial charge in [-0.1, -0.05) is 35.4 Å². The fourth-order valence-corrected chi connectivity index (χ4v) is 3.02. The average Bonchev–Trinajstić information content (AvgIpc) is 2.43. The fourth-order valence-electron chi connectivity index (χ4n) is 2.43. The Morgan fingerprint density at radius 1 is 1.19 bits per heavy atom. The second-order valence-corrected chi connectivity index (χ2v) is 5.69. The number of Topliss-reactive ketones (excluding diaryl/α,β-unsaturated/α-hetero) is 3. The van der Waals surface area contributed by atoms with Gasteiger partial charge >= 0.3 is 0 Å². The van der Waals surface area contributed by atoms with E-state index in [2.05, 4.69) is 0 Å². The Kier molecular flexibility index (Phi) is 4.96. The van der Waals surface area contributed by atoms with E-state index >= 15 is 0 Å². The van der Waals surface area contributed by atoms with E-state index in [0.29, 0.717) is 17.0 Å². The van der Waals surface area contributed by atoms with Crippen LogP contribution in [-0.4, -0.2) is 17.3 Å². The Balaban J connectivity index is 2.46. The number of allylic oxidation sites excluding steroid dienone is 1. The van der Waals surface area contributed by atoms with Crippen LogP contribution in [0.1, 0.15) is 42.1 Å². The van der Waals surface area contributed by atoms with Crippen LogP contribution < -0.4 is 0 Å². The van der Waals surface area contributed by atoms with E-state index in [1.165, 1.54) is 6.07 Å². The predicted octanol–water partition coefficient (Wildman–Crippen LogP) is 4.15. The van der Waals surface area contributed by atoms with Crippen molar-refractivity contribution >= 4 is 46.6 Å². The summed E-state index contributed by atoms with van der Waals surface area (Å²) in [5.41, 5.74) is 0.685. The molecule has 1 aliphatic rings. The Morgan fingerprint density at radius 2 is 1.81 bits per heavy atom. The highest BCUT2D eigenvalue weighted by Gasteiger charge is 2.37. The van der Waals surface area contributed by atoms with E-state index in [9.17, 15) is 14.4 Å². The maximum atomic E-state index is 12.5. The first kappa shape index (κ1) is 15.9. The van der Waals surface area contributed by atoms with Crippen LogP contribution in [0.25, 0.3) is 6.08 Å². The summed E-state index contributed by atoms with van der Waals surface area (Å²) in [7, 11) is 0. The van der Waals surface area contributed by atoms with Gasteiger partial charge in [0, 0.05) is 29.0 Å². The molecule has 0 N–H and O–H groups in total. The first-order valence-corrected chi connectivity index (χ1v) is 7.43. The number of halogens is 2. The number of carbonyl (C=O) groups is 3. The number of benzene rings is 1. The number of carbonyl (C=O) groups excluding carboxylic acids is 3. The van der Waals surface area contributed by atoms with Gasteiger partial charge in [0.1, 0.15) is 5.92 Å². The first-order valence-electron chi connectivity index (χ1n) is 6.67. The highest BCUT2D eigenvalue weighted by molar-refractivity contribution is 6.40. The van der Waals surface area contributed by atoms with Gasteiger partial charge in [-0.3, -0.25) is 14.4 Å². The molecule has 0 atom stereocenters. The van der Waals surface area contributed by atoms with E-state index in [-0.39, 0.29) is 35.0 Å². The maximum Gasteiger partial charge on any atom is 0.182 e. The zero-order chi connectivity index (χ0) is 15.6. The Labute approximate surface area is 132 Å². The normalized spacial score (nSPS) is 16.7. The van der Waals surface area contributed by atoms with E-state index in [0.717, 1.165) is 0 Å². The molecule has 3 nitrogen and oxygen atoms in total. The molecule has 1 saturated carbocycles. The van der Waals surface area contributed by atoms with Gasteiger partial charge in [0.2, 0.25) is 0 Å². The summed E-state index contributed by atoms with van der Waals surface area (Å²) in [5.74, 6) is -2.39. The molecule has 21 heavy (non-hydrogen) atoms. The minimum Gasteiger partial charge on any atom is -0.298 e. The zero-order valence-electron chi connectivity index (χ0n) is 11.5. The molecule has 0 radical (unpaired) electrons. The van der Waals surface area contributed by atoms with Gasteiger partial charge in [-0.25, -0.2) is 0 Å². The Bertz CT molecular complexity index is 631. The molecule has 110 valence electrons. The molecular weight excluding hydrogens is 311 g/mol. The lowest BCUT2D eigenvalue weighted by atomic mass is 9.81. The maximum absolute atomic E-state index is 12.5. The monoisotopic (exact) mass is 324 g/mol. The van der Waals surface area contributed by atoms with Crippen LogP contribution >= 0.6 is 23.2 Å². The van der Waals surface area contributed by atoms with Gasteiger partial charge < -0.3 is 0 Å². The van der Waals surface area contributed by atoms with Gasteiger partial charge in [-0.15, -0.1) is 0 Å². The quantitative estimate of drug-likeness (QED) is 0.620. The van der Waals surface area contributed by atoms with Crippen LogP contribution in [0.4, 0.5) is 0 Å². The molecule has 0 spiro atoms. The smallest absolute Gasteiger partial charge is 0.182 e. The molecule has 0 heterocycles. The predicted molar refractivity (Wildman–Crippen MR) is 82.9 cm³/mol. The zero-order valence-corrected chi connectivity index (χ0v) is 13.0. The van der Waals surface area contributed by atoms with Gasteiger partial charge in [-0.2, -0.15) is 0 Å². The first-order chi connectivity index (χ1) is 9.97. The highest BCUT2D eigenvalue weighted by atomic mass is 35.5. The molecule has 0 bridgehead atoms. The molecule has 1 aromatic rings. The van der Waals surface area contributed by atoms with Crippen LogP contribution in [0.3, 0.4) is 0 Å². The summed E-state index contributed by atoms with van der Waals surface area (Å²) in [6.07, 6.45) is 4.47. The minimum atomic E-state index is -1.21. The average molecular weight is 325 g/mol. The van der Waals surface area contributed by atoms with Crippen LogP contribution in [0, 0.1) is 5.92 Å². The summed E-state index contributed by atoms with van der Waals surface area (Å²) >= 11 is 12.3. The topological polar surface area (TPSA) is 51.2 Å². The number of hydrogen-bond donors (Lipinski definition) is 0. The summed E-state index contributed by atoms with van der Waals surface area (Å²) < 4.78 is 0. The third-order valence-electron chi connectivity index (χ3n) is 3.48. The number of ketones is 3. The molecule has 1 aromatic carbocycles. The largest absolute Gasteiger partial charge is 0.298 e. The molecule has 0 aromatic heterocycles. The molecule has 1 aliphatic carbocycles. The Hall–Kier alpha value is -1.45. The molecule has 1 fully saturated rings. The molecular formula is C16H14Cl2O3. The summed E-state index contributed by atoms with van der Waals surface area (Å²) in [4.78, 5) is 36.3. The van der Waals surface area contributed by atoms with Crippen molar-refractivity contribution in [3.05, 3.63) is 39.4 Å². The van der Waals surface area contributed by atoms with Crippen LogP contribution in [0.5, 0.6) is 0 Å². The number of hydrogen-bond acceptors (Lipinski definition) is 3. The summed E-state index contributed by atoms with van der Waals surface area (Å²) in [6, 6.07) is 3.02. The van der Waals surface area contributed by atoms with E-state index < -0.39 is 11.7 Å². The van der Waals surface area contributed by atoms with Crippen LogP contribution in [0.2, 0.25) is 10.0 Å². The van der Waals surface area contributed by atoms with Crippen molar-refractivity contribution < 1.29 is 14.4 Å². The molecule has 0 amide bonds. The van der Waals surface area contributed by atoms with Gasteiger partial charge in [0.25, 0.3) is 0 Å². The lowest BCUT2D eigenvalue weighted by molar-refractivity contribution is -0.133. The number of rotatable bonds is 3. The molecule has 5 heteroatoms. The van der Waals surface area contributed by atoms with Crippen molar-refractivity contribution in [2.24, 2.45) is 5.92 Å². The van der Waals surface area contributed by atoms with Crippen molar-refractivity contribution in [3.8, 4) is 0 Å². The van der Waals surface area contributed by atoms with E-state index in [1.807, 2.05) is 0 Å². The highest BCUT2D eigenvalue weighted by Crippen LogP contribution is 2.32. The SMILES string of the molecule is C/C=C/c1c(Cl)ccc(C(=O)C2C(=O)CCCC2=O)c1Cl. The Morgan fingerprint density at radius 3 is 2.38 bits per heavy atom. The van der Waals surface area contributed by atoms with Crippen molar-refractivity contribution in [1.29, 1.82) is 0 Å². The van der Waals surface area contributed by atoms with Crippen molar-refractivity contribution in [2.45, 2.75) is 26.2 Å². The van der Waals surface area contributed by atoms with Crippen LogP contribution in [-0.2, 0) is 9.59 Å². The van der Waals surface area contributed by atoms with Gasteiger partial charge in [0.05, 0.1) is 5.02 Å². The third-order valence-corrected chi connectivity index (χ3v) is 4.21. The molecule has 2 rings (SSSR count). The van der Waals surface area contributed by atoms with Gasteiger partial charge in [0.15, 0.2) is 17.3 Å². The summed E-state index contributed by atoms with van der Waals surface area (Å²) in [6.45, 7) is 1.80. The molecule has 0 unspecified atom stereocenters. The lowest BCUT2D eigenvalue weighted by Crippen LogP contribution is -2.35. The van der Waals surface area contributed by atoms with Crippen molar-refractivity contribution in [2.75, 3.05) is 0 Å². The molecule has 0 aliphatic heterocycles. The lowest BCUT2D eigenvalue weighted by Gasteiger charge is -2.19. The van der Waals surface area contributed by atoms with Gasteiger partial charge in [-0.05, 0) is 25.5 Å². The molecule has 0 saturated heterocycles. The second kappa shape index (κ2) is 6.54. The van der Waals surface area contributed by atoms with Crippen molar-refractivity contribution in [3.63, 3.8) is 0 Å². The standard InChI is InChI=1S/C16H14Cl2O3/c1-2-4-9-11(17)8-7-10(15(9)18)16(21)14-12(19)5-3-6-13(14)20/h2,4,7-8,14H,3,5-6H2,1H3/b4-2+. The minimum absolute atomic E-state index is 0.169. The summed E-state index contributed by atoms with van der Waals surface area (Å²) in [5, 5.41) is 0.590. The fraction of sp³-hybridized carbons (Fsp3) is 0.312. The van der Waals surface area contributed by atoms with E-state index in [4.69, 9.17) is 23.2 Å².